The lowest BCUT2D eigenvalue weighted by atomic mass is 9.86. The minimum atomic E-state index is 0.639. The van der Waals surface area contributed by atoms with Gasteiger partial charge in [0, 0.05) is 6.42 Å². The van der Waals surface area contributed by atoms with Crippen LogP contribution in [-0.2, 0) is 4.74 Å². The van der Waals surface area contributed by atoms with E-state index in [1.54, 1.807) is 0 Å². The summed E-state index contributed by atoms with van der Waals surface area (Å²) in [5.74, 6) is 0. The van der Waals surface area contributed by atoms with E-state index in [1.165, 1.54) is 19.5 Å². The van der Waals surface area contributed by atoms with E-state index in [0.717, 1.165) is 13.2 Å². The number of hydrogen-bond acceptors (Lipinski definition) is 1. The molecule has 2 N–H and O–H groups in total. The zero-order chi connectivity index (χ0) is 5.45. The summed E-state index contributed by atoms with van der Waals surface area (Å²) >= 11 is 0. The maximum Gasteiger partial charge on any atom is 0.0859 e. The molecule has 0 atom stereocenters. The Morgan fingerprint density at radius 2 is 2.25 bits per heavy atom. The largest absolute Gasteiger partial charge is 0.380 e. The van der Waals surface area contributed by atoms with E-state index in [4.69, 9.17) is 4.74 Å². The number of rotatable bonds is 0. The highest BCUT2D eigenvalue weighted by atomic mass is 16.5. The van der Waals surface area contributed by atoms with Crippen molar-refractivity contribution in [1.29, 1.82) is 0 Å². The number of quaternary nitrogens is 1. The minimum Gasteiger partial charge on any atom is -0.380 e. The molecule has 2 heteroatoms. The van der Waals surface area contributed by atoms with Crippen LogP contribution in [0.25, 0.3) is 0 Å². The molecule has 0 amide bonds. The van der Waals surface area contributed by atoms with Gasteiger partial charge in [0.05, 0.1) is 31.7 Å². The van der Waals surface area contributed by atoms with Crippen LogP contribution in [0.4, 0.5) is 0 Å². The van der Waals surface area contributed by atoms with E-state index in [0.29, 0.717) is 5.41 Å². The topological polar surface area (TPSA) is 25.8 Å². The third-order valence-corrected chi connectivity index (χ3v) is 2.27. The molecule has 2 nitrogen and oxygen atoms in total. The van der Waals surface area contributed by atoms with Crippen molar-refractivity contribution in [2.24, 2.45) is 5.41 Å². The van der Waals surface area contributed by atoms with Crippen LogP contribution in [0.15, 0.2) is 0 Å². The molecule has 0 unspecified atom stereocenters. The molecule has 2 rings (SSSR count). The van der Waals surface area contributed by atoms with Crippen molar-refractivity contribution in [3.63, 3.8) is 0 Å². The molecule has 0 aromatic heterocycles. The van der Waals surface area contributed by atoms with Gasteiger partial charge in [0.25, 0.3) is 0 Å². The molecule has 8 heavy (non-hydrogen) atoms. The Hall–Kier alpha value is -0.0800. The van der Waals surface area contributed by atoms with Crippen LogP contribution in [0.2, 0.25) is 0 Å². The van der Waals surface area contributed by atoms with Crippen LogP contribution in [-0.4, -0.2) is 26.3 Å². The molecule has 0 aliphatic carbocycles. The average Bonchev–Trinajstić information content (AvgIpc) is 2.07. The van der Waals surface area contributed by atoms with Crippen molar-refractivity contribution in [3.05, 3.63) is 0 Å². The van der Waals surface area contributed by atoms with E-state index < -0.39 is 0 Å². The molecule has 2 aliphatic heterocycles. The number of hydrogen-bond donors (Lipinski definition) is 1. The predicted molar refractivity (Wildman–Crippen MR) is 29.5 cm³/mol. The standard InChI is InChI=1S/C6H11NO/c1-2-7-3-6(1)4-8-5-6/h7H,1-5H2/p+1. The Labute approximate surface area is 49.2 Å². The molecule has 0 aromatic rings. The molecule has 2 heterocycles. The van der Waals surface area contributed by atoms with Gasteiger partial charge in [0.15, 0.2) is 0 Å². The van der Waals surface area contributed by atoms with Gasteiger partial charge in [0.1, 0.15) is 0 Å². The van der Waals surface area contributed by atoms with Crippen LogP contribution in [0.3, 0.4) is 0 Å². The Kier molecular flexibility index (Phi) is 0.866. The maximum atomic E-state index is 5.14. The van der Waals surface area contributed by atoms with E-state index >= 15 is 0 Å². The third kappa shape index (κ3) is 0.501. The smallest absolute Gasteiger partial charge is 0.0859 e. The summed E-state index contributed by atoms with van der Waals surface area (Å²) in [6, 6.07) is 0. The molecule has 0 aromatic carbocycles. The highest BCUT2D eigenvalue weighted by molar-refractivity contribution is 4.86. The van der Waals surface area contributed by atoms with E-state index in [-0.39, 0.29) is 0 Å². The lowest BCUT2D eigenvalue weighted by Crippen LogP contribution is -2.82. The van der Waals surface area contributed by atoms with Crippen LogP contribution < -0.4 is 5.32 Å². The van der Waals surface area contributed by atoms with Crippen LogP contribution >= 0.6 is 0 Å². The van der Waals surface area contributed by atoms with Gasteiger partial charge in [-0.15, -0.1) is 0 Å². The molecule has 2 saturated heterocycles. The number of nitrogens with two attached hydrogens (primary N) is 1. The summed E-state index contributed by atoms with van der Waals surface area (Å²) in [5, 5.41) is 2.39. The SMILES string of the molecule is C1CC2(C[NH2+]1)COC2. The van der Waals surface area contributed by atoms with Crippen LogP contribution in [0.5, 0.6) is 0 Å². The second-order valence-corrected chi connectivity index (χ2v) is 3.02. The first-order valence-corrected chi connectivity index (χ1v) is 3.31. The fourth-order valence-electron chi connectivity index (χ4n) is 1.57. The summed E-state index contributed by atoms with van der Waals surface area (Å²) in [6.45, 7) is 4.70. The zero-order valence-electron chi connectivity index (χ0n) is 5.02. The monoisotopic (exact) mass is 114 g/mol. The lowest BCUT2D eigenvalue weighted by molar-refractivity contribution is -0.643. The first-order chi connectivity index (χ1) is 3.91. The quantitative estimate of drug-likeness (QED) is 0.428. The predicted octanol–water partition coefficient (Wildman–Crippen LogP) is -1.03. The van der Waals surface area contributed by atoms with Crippen molar-refractivity contribution in [1.82, 2.24) is 0 Å². The molecule has 1 spiro atoms. The molecule has 0 bridgehead atoms. The minimum absolute atomic E-state index is 0.639. The molecular formula is C6H12NO+. The van der Waals surface area contributed by atoms with Gasteiger partial charge in [0.2, 0.25) is 0 Å². The molecule has 46 valence electrons. The van der Waals surface area contributed by atoms with Crippen LogP contribution in [0, 0.1) is 5.41 Å². The first-order valence-electron chi connectivity index (χ1n) is 3.31. The van der Waals surface area contributed by atoms with Gasteiger partial charge in [-0.05, 0) is 0 Å². The van der Waals surface area contributed by atoms with Gasteiger partial charge in [-0.2, -0.15) is 0 Å². The summed E-state index contributed by atoms with van der Waals surface area (Å²) < 4.78 is 5.14. The van der Waals surface area contributed by atoms with Crippen molar-refractivity contribution in [2.45, 2.75) is 6.42 Å². The van der Waals surface area contributed by atoms with E-state index in [9.17, 15) is 0 Å². The number of ether oxygens (including phenoxy) is 1. The van der Waals surface area contributed by atoms with Gasteiger partial charge < -0.3 is 10.1 Å². The third-order valence-electron chi connectivity index (χ3n) is 2.27. The highest BCUT2D eigenvalue weighted by Gasteiger charge is 2.43. The lowest BCUT2D eigenvalue weighted by Gasteiger charge is -2.34. The Morgan fingerprint density at radius 3 is 2.50 bits per heavy atom. The van der Waals surface area contributed by atoms with Crippen LogP contribution in [0.1, 0.15) is 6.42 Å². The van der Waals surface area contributed by atoms with E-state index in [1.807, 2.05) is 0 Å². The fraction of sp³-hybridized carbons (Fsp3) is 1.00. The maximum absolute atomic E-state index is 5.14. The van der Waals surface area contributed by atoms with Crippen molar-refractivity contribution in [2.75, 3.05) is 26.3 Å². The summed E-state index contributed by atoms with van der Waals surface area (Å²) in [4.78, 5) is 0. The van der Waals surface area contributed by atoms with Crippen molar-refractivity contribution >= 4 is 0 Å². The van der Waals surface area contributed by atoms with Gasteiger partial charge in [-0.3, -0.25) is 0 Å². The van der Waals surface area contributed by atoms with Crippen molar-refractivity contribution < 1.29 is 10.1 Å². The summed E-state index contributed by atoms with van der Waals surface area (Å²) in [7, 11) is 0. The Balaban J connectivity index is 2.01. The fourth-order valence-corrected chi connectivity index (χ4v) is 1.57. The molecular weight excluding hydrogens is 102 g/mol. The molecule has 2 aliphatic rings. The summed E-state index contributed by atoms with van der Waals surface area (Å²) in [6.07, 6.45) is 1.38. The Bertz CT molecular complexity index is 90.7. The first kappa shape index (κ1) is 4.77. The van der Waals surface area contributed by atoms with Gasteiger partial charge in [-0.25, -0.2) is 0 Å². The second-order valence-electron chi connectivity index (χ2n) is 3.02. The van der Waals surface area contributed by atoms with Crippen molar-refractivity contribution in [3.8, 4) is 0 Å². The normalized spacial score (nSPS) is 33.0. The second kappa shape index (κ2) is 1.45. The highest BCUT2D eigenvalue weighted by Crippen LogP contribution is 2.30. The summed E-state index contributed by atoms with van der Waals surface area (Å²) in [5.41, 5.74) is 0.639. The Morgan fingerprint density at radius 1 is 1.38 bits per heavy atom. The average molecular weight is 114 g/mol. The molecule has 2 fully saturated rings. The van der Waals surface area contributed by atoms with E-state index in [2.05, 4.69) is 5.32 Å². The van der Waals surface area contributed by atoms with Gasteiger partial charge >= 0.3 is 0 Å². The molecule has 0 saturated carbocycles. The van der Waals surface area contributed by atoms with Gasteiger partial charge in [-0.1, -0.05) is 0 Å². The molecule has 0 radical (unpaired) electrons. The zero-order valence-corrected chi connectivity index (χ0v) is 5.02.